The summed E-state index contributed by atoms with van der Waals surface area (Å²) < 4.78 is 42.6. The van der Waals surface area contributed by atoms with Crippen molar-refractivity contribution < 1.29 is 27.4 Å². The Hall–Kier alpha value is -2.94. The molecule has 31 heavy (non-hydrogen) atoms. The lowest BCUT2D eigenvalue weighted by Crippen LogP contribution is -2.45. The highest BCUT2D eigenvalue weighted by Gasteiger charge is 2.35. The first kappa shape index (κ1) is 22.7. The number of methoxy groups -OCH3 is 2. The second kappa shape index (κ2) is 8.66. The Morgan fingerprint density at radius 3 is 2.55 bits per heavy atom. The molecule has 0 bridgehead atoms. The van der Waals surface area contributed by atoms with E-state index >= 15 is 0 Å². The summed E-state index contributed by atoms with van der Waals surface area (Å²) in [6.07, 6.45) is 1.58. The van der Waals surface area contributed by atoms with Gasteiger partial charge in [-0.25, -0.2) is 8.42 Å². The zero-order chi connectivity index (χ0) is 22.8. The molecule has 3 rings (SSSR count). The molecule has 1 aliphatic heterocycles. The number of nitrogens with one attached hydrogen (secondary N) is 1. The summed E-state index contributed by atoms with van der Waals surface area (Å²) in [5.74, 6) is 1.23. The van der Waals surface area contributed by atoms with Crippen molar-refractivity contribution in [3.8, 4) is 17.2 Å². The fourth-order valence-corrected chi connectivity index (χ4v) is 4.54. The first-order valence-electron chi connectivity index (χ1n) is 9.81. The van der Waals surface area contributed by atoms with Crippen molar-refractivity contribution in [1.29, 1.82) is 0 Å². The van der Waals surface area contributed by atoms with Gasteiger partial charge in [-0.05, 0) is 44.2 Å². The van der Waals surface area contributed by atoms with E-state index in [0.29, 0.717) is 29.4 Å². The van der Waals surface area contributed by atoms with E-state index in [-0.39, 0.29) is 12.6 Å². The van der Waals surface area contributed by atoms with Crippen LogP contribution in [-0.4, -0.2) is 46.9 Å². The molecule has 8 nitrogen and oxygen atoms in total. The number of nitrogens with zero attached hydrogens (tertiary/aromatic N) is 1. The topological polar surface area (TPSA) is 94.2 Å². The Kier molecular flexibility index (Phi) is 6.35. The summed E-state index contributed by atoms with van der Waals surface area (Å²) in [5, 5.41) is 2.97. The van der Waals surface area contributed by atoms with Gasteiger partial charge < -0.3 is 19.5 Å². The molecular formula is C22H28N2O6S. The molecule has 0 unspecified atom stereocenters. The molecule has 1 N–H and O–H groups in total. The van der Waals surface area contributed by atoms with Crippen LogP contribution in [0.3, 0.4) is 0 Å². The Morgan fingerprint density at radius 1 is 1.19 bits per heavy atom. The van der Waals surface area contributed by atoms with Gasteiger partial charge in [-0.3, -0.25) is 9.10 Å². The van der Waals surface area contributed by atoms with Gasteiger partial charge in [-0.1, -0.05) is 12.1 Å². The summed E-state index contributed by atoms with van der Waals surface area (Å²) in [5.41, 5.74) is 0.589. The molecule has 2 aromatic carbocycles. The molecular weight excluding hydrogens is 420 g/mol. The fourth-order valence-electron chi connectivity index (χ4n) is 3.68. The number of carbonyl (C=O) groups is 1. The number of anilines is 1. The Bertz CT molecular complexity index is 1070. The third-order valence-corrected chi connectivity index (χ3v) is 6.18. The number of carbonyl (C=O) groups excluding carboxylic acids is 1. The van der Waals surface area contributed by atoms with E-state index in [1.54, 1.807) is 37.4 Å². The summed E-state index contributed by atoms with van der Waals surface area (Å²) >= 11 is 0. The summed E-state index contributed by atoms with van der Waals surface area (Å²) in [6, 6.07) is 11.7. The molecule has 168 valence electrons. The van der Waals surface area contributed by atoms with Crippen LogP contribution >= 0.6 is 0 Å². The molecule has 0 fully saturated rings. The number of fused-ring (bicyclic) bond motifs is 1. The van der Waals surface area contributed by atoms with Crippen molar-refractivity contribution in [2.75, 3.05) is 31.3 Å². The highest BCUT2D eigenvalue weighted by atomic mass is 32.2. The van der Waals surface area contributed by atoms with Crippen molar-refractivity contribution in [2.24, 2.45) is 0 Å². The molecule has 0 spiro atoms. The Morgan fingerprint density at radius 2 is 1.90 bits per heavy atom. The molecule has 1 heterocycles. The van der Waals surface area contributed by atoms with Crippen LogP contribution in [0.5, 0.6) is 17.2 Å². The van der Waals surface area contributed by atoms with Crippen LogP contribution in [0.25, 0.3) is 0 Å². The molecule has 2 aromatic rings. The lowest BCUT2D eigenvalue weighted by molar-refractivity contribution is -0.120. The number of para-hydroxylation sites is 2. The third-order valence-electron chi connectivity index (χ3n) is 5.05. The van der Waals surface area contributed by atoms with Crippen LogP contribution in [0.2, 0.25) is 0 Å². The van der Waals surface area contributed by atoms with Gasteiger partial charge in [-0.2, -0.15) is 0 Å². The van der Waals surface area contributed by atoms with Crippen LogP contribution in [0, 0.1) is 0 Å². The largest absolute Gasteiger partial charge is 0.497 e. The lowest BCUT2D eigenvalue weighted by Gasteiger charge is -2.38. The predicted molar refractivity (Wildman–Crippen MR) is 118 cm³/mol. The summed E-state index contributed by atoms with van der Waals surface area (Å²) in [6.45, 7) is 3.50. The number of hydrogen-bond donors (Lipinski definition) is 1. The van der Waals surface area contributed by atoms with Gasteiger partial charge >= 0.3 is 0 Å². The van der Waals surface area contributed by atoms with E-state index in [1.807, 2.05) is 26.0 Å². The standard InChI is InChI=1S/C22H28N2O6S/c1-22(2)13-17(16-12-15(28-3)10-11-19(16)30-22)23-21(25)14-24(31(5,26)27)18-8-6-7-9-20(18)29-4/h6-12,17H,13-14H2,1-5H3,(H,23,25)/t17-/m0/s1. The molecule has 9 heteroatoms. The average molecular weight is 449 g/mol. The van der Waals surface area contributed by atoms with Crippen molar-refractivity contribution in [2.45, 2.75) is 31.9 Å². The Balaban J connectivity index is 1.88. The summed E-state index contributed by atoms with van der Waals surface area (Å²) in [4.78, 5) is 13.0. The number of sulfonamides is 1. The highest BCUT2D eigenvalue weighted by molar-refractivity contribution is 7.92. The van der Waals surface area contributed by atoms with E-state index in [0.717, 1.165) is 16.1 Å². The molecule has 0 saturated heterocycles. The zero-order valence-corrected chi connectivity index (χ0v) is 19.2. The van der Waals surface area contributed by atoms with Gasteiger partial charge in [0.05, 0.1) is 32.2 Å². The number of benzene rings is 2. The molecule has 1 aliphatic rings. The van der Waals surface area contributed by atoms with Crippen LogP contribution in [0.4, 0.5) is 5.69 Å². The van der Waals surface area contributed by atoms with Crippen LogP contribution < -0.4 is 23.8 Å². The van der Waals surface area contributed by atoms with Gasteiger partial charge in [-0.15, -0.1) is 0 Å². The molecule has 0 radical (unpaired) electrons. The quantitative estimate of drug-likeness (QED) is 0.700. The number of hydrogen-bond acceptors (Lipinski definition) is 6. The SMILES string of the molecule is COc1ccc2c(c1)[C@@H](NC(=O)CN(c1ccccc1OC)S(C)(=O)=O)CC(C)(C)O2. The Labute approximate surface area is 183 Å². The zero-order valence-electron chi connectivity index (χ0n) is 18.3. The van der Waals surface area contributed by atoms with E-state index in [2.05, 4.69) is 5.32 Å². The van der Waals surface area contributed by atoms with E-state index in [9.17, 15) is 13.2 Å². The van der Waals surface area contributed by atoms with Crippen molar-refractivity contribution in [3.05, 3.63) is 48.0 Å². The second-order valence-corrected chi connectivity index (χ2v) is 9.94. The van der Waals surface area contributed by atoms with Crippen molar-refractivity contribution in [1.82, 2.24) is 5.32 Å². The fraction of sp³-hybridized carbons (Fsp3) is 0.409. The molecule has 0 saturated carbocycles. The normalized spacial score (nSPS) is 17.1. The third kappa shape index (κ3) is 5.22. The second-order valence-electron chi connectivity index (χ2n) is 8.03. The predicted octanol–water partition coefficient (Wildman–Crippen LogP) is 2.89. The lowest BCUT2D eigenvalue weighted by atomic mass is 9.89. The maximum Gasteiger partial charge on any atom is 0.241 e. The molecule has 0 aliphatic carbocycles. The minimum Gasteiger partial charge on any atom is -0.497 e. The van der Waals surface area contributed by atoms with Crippen molar-refractivity contribution in [3.63, 3.8) is 0 Å². The van der Waals surface area contributed by atoms with Crippen LogP contribution in [0.1, 0.15) is 31.9 Å². The van der Waals surface area contributed by atoms with Crippen molar-refractivity contribution >= 4 is 21.6 Å². The summed E-state index contributed by atoms with van der Waals surface area (Å²) in [7, 11) is -0.711. The van der Waals surface area contributed by atoms with Gasteiger partial charge in [0.15, 0.2) is 0 Å². The molecule has 1 atom stereocenters. The highest BCUT2D eigenvalue weighted by Crippen LogP contribution is 2.41. The number of amides is 1. The van der Waals surface area contributed by atoms with E-state index in [1.165, 1.54) is 7.11 Å². The molecule has 0 aromatic heterocycles. The first-order chi connectivity index (χ1) is 14.5. The van der Waals surface area contributed by atoms with E-state index in [4.69, 9.17) is 14.2 Å². The van der Waals surface area contributed by atoms with Gasteiger partial charge in [0.1, 0.15) is 29.4 Å². The number of rotatable bonds is 7. The van der Waals surface area contributed by atoms with E-state index < -0.39 is 21.5 Å². The number of ether oxygens (including phenoxy) is 3. The van der Waals surface area contributed by atoms with Gasteiger partial charge in [0.2, 0.25) is 15.9 Å². The smallest absolute Gasteiger partial charge is 0.241 e. The van der Waals surface area contributed by atoms with Crippen LogP contribution in [0.15, 0.2) is 42.5 Å². The maximum atomic E-state index is 13.0. The average Bonchev–Trinajstić information content (AvgIpc) is 2.70. The van der Waals surface area contributed by atoms with Gasteiger partial charge in [0.25, 0.3) is 0 Å². The van der Waals surface area contributed by atoms with Gasteiger partial charge in [0, 0.05) is 12.0 Å². The van der Waals surface area contributed by atoms with Crippen LogP contribution in [-0.2, 0) is 14.8 Å². The minimum absolute atomic E-state index is 0.303. The molecule has 1 amide bonds. The maximum absolute atomic E-state index is 13.0. The minimum atomic E-state index is -3.73. The first-order valence-corrected chi connectivity index (χ1v) is 11.7. The monoisotopic (exact) mass is 448 g/mol.